The van der Waals surface area contributed by atoms with E-state index in [4.69, 9.17) is 14.2 Å². The van der Waals surface area contributed by atoms with Gasteiger partial charge in [-0.2, -0.15) is 0 Å². The van der Waals surface area contributed by atoms with Crippen molar-refractivity contribution in [3.05, 3.63) is 48.2 Å². The minimum absolute atomic E-state index is 0.107. The standard InChI is InChI=1S/C22H28N2O6/c1-14(2)19(25)28-10-11-29-20(26)18(24-21(27)30-22(3,4)5)12-15-13-23-17-9-7-6-8-16(15)17/h6-9,13,18,23H,1,10-12H2,2-5H3,(H,24,27)/t18-/m1/s1. The predicted octanol–water partition coefficient (Wildman–Crippen LogP) is 3.27. The van der Waals surface area contributed by atoms with E-state index in [0.29, 0.717) is 0 Å². The van der Waals surface area contributed by atoms with Crippen LogP contribution in [-0.2, 0) is 30.2 Å². The van der Waals surface area contributed by atoms with Crippen LogP contribution in [0.25, 0.3) is 10.9 Å². The molecule has 0 unspecified atom stereocenters. The van der Waals surface area contributed by atoms with E-state index in [9.17, 15) is 14.4 Å². The molecule has 2 N–H and O–H groups in total. The summed E-state index contributed by atoms with van der Waals surface area (Å²) in [6.07, 6.45) is 1.27. The number of hydrogen-bond donors (Lipinski definition) is 2. The maximum atomic E-state index is 12.6. The van der Waals surface area contributed by atoms with E-state index in [2.05, 4.69) is 16.9 Å². The summed E-state index contributed by atoms with van der Waals surface area (Å²) in [5.74, 6) is -1.22. The number of benzene rings is 1. The van der Waals surface area contributed by atoms with Gasteiger partial charge in [-0.15, -0.1) is 0 Å². The lowest BCUT2D eigenvalue weighted by atomic mass is 10.1. The molecule has 1 aromatic carbocycles. The van der Waals surface area contributed by atoms with Crippen molar-refractivity contribution in [2.45, 2.75) is 45.8 Å². The second-order valence-electron chi connectivity index (χ2n) is 7.85. The minimum atomic E-state index is -0.976. The molecule has 0 spiro atoms. The third-order valence-electron chi connectivity index (χ3n) is 3.98. The molecule has 0 fully saturated rings. The Morgan fingerprint density at radius 2 is 1.80 bits per heavy atom. The Hall–Kier alpha value is -3.29. The molecule has 1 amide bonds. The van der Waals surface area contributed by atoms with Gasteiger partial charge < -0.3 is 24.5 Å². The lowest BCUT2D eigenvalue weighted by molar-refractivity contribution is -0.151. The van der Waals surface area contributed by atoms with Gasteiger partial charge >= 0.3 is 18.0 Å². The highest BCUT2D eigenvalue weighted by atomic mass is 16.6. The second kappa shape index (κ2) is 9.96. The van der Waals surface area contributed by atoms with Crippen LogP contribution >= 0.6 is 0 Å². The molecular weight excluding hydrogens is 388 g/mol. The second-order valence-corrected chi connectivity index (χ2v) is 7.85. The topological polar surface area (TPSA) is 107 Å². The molecule has 2 aromatic rings. The summed E-state index contributed by atoms with van der Waals surface area (Å²) in [6.45, 7) is 9.95. The first kappa shape index (κ1) is 23.0. The number of para-hydroxylation sites is 1. The molecule has 8 heteroatoms. The average Bonchev–Trinajstić information content (AvgIpc) is 3.05. The molecule has 8 nitrogen and oxygen atoms in total. The van der Waals surface area contributed by atoms with E-state index in [0.717, 1.165) is 16.5 Å². The number of ether oxygens (including phenoxy) is 3. The lowest BCUT2D eigenvalue weighted by Crippen LogP contribution is -2.45. The average molecular weight is 416 g/mol. The van der Waals surface area contributed by atoms with Gasteiger partial charge in [0.25, 0.3) is 0 Å². The van der Waals surface area contributed by atoms with Crippen LogP contribution in [0.5, 0.6) is 0 Å². The van der Waals surface area contributed by atoms with Crippen molar-refractivity contribution in [3.8, 4) is 0 Å². The number of carbonyl (C=O) groups is 3. The van der Waals surface area contributed by atoms with E-state index >= 15 is 0 Å². The number of aromatic amines is 1. The third-order valence-corrected chi connectivity index (χ3v) is 3.98. The van der Waals surface area contributed by atoms with Crippen molar-refractivity contribution in [2.75, 3.05) is 13.2 Å². The van der Waals surface area contributed by atoms with Crippen molar-refractivity contribution in [3.63, 3.8) is 0 Å². The lowest BCUT2D eigenvalue weighted by Gasteiger charge is -2.23. The molecule has 0 aliphatic heterocycles. The zero-order valence-electron chi connectivity index (χ0n) is 17.7. The number of amides is 1. The Morgan fingerprint density at radius 1 is 1.13 bits per heavy atom. The van der Waals surface area contributed by atoms with Crippen LogP contribution in [0.15, 0.2) is 42.6 Å². The number of rotatable bonds is 8. The van der Waals surface area contributed by atoms with Gasteiger partial charge in [0, 0.05) is 29.1 Å². The van der Waals surface area contributed by atoms with Crippen molar-refractivity contribution in [1.29, 1.82) is 0 Å². The van der Waals surface area contributed by atoms with Crippen LogP contribution in [0, 0.1) is 0 Å². The summed E-state index contributed by atoms with van der Waals surface area (Å²) in [4.78, 5) is 39.4. The first-order valence-corrected chi connectivity index (χ1v) is 9.60. The van der Waals surface area contributed by atoms with Gasteiger partial charge in [-0.1, -0.05) is 24.8 Å². The summed E-state index contributed by atoms with van der Waals surface area (Å²) < 4.78 is 15.4. The first-order chi connectivity index (χ1) is 14.1. The van der Waals surface area contributed by atoms with Crippen LogP contribution in [0.4, 0.5) is 4.79 Å². The number of fused-ring (bicyclic) bond motifs is 1. The summed E-state index contributed by atoms with van der Waals surface area (Å²) in [5.41, 5.74) is 1.31. The van der Waals surface area contributed by atoms with E-state index in [1.54, 1.807) is 27.0 Å². The number of hydrogen-bond acceptors (Lipinski definition) is 6. The highest BCUT2D eigenvalue weighted by Crippen LogP contribution is 2.19. The Balaban J connectivity index is 2.06. The van der Waals surface area contributed by atoms with Gasteiger partial charge in [0.05, 0.1) is 0 Å². The molecule has 30 heavy (non-hydrogen) atoms. The zero-order valence-corrected chi connectivity index (χ0v) is 17.7. The first-order valence-electron chi connectivity index (χ1n) is 9.60. The minimum Gasteiger partial charge on any atom is -0.461 e. The smallest absolute Gasteiger partial charge is 0.408 e. The number of nitrogens with one attached hydrogen (secondary N) is 2. The molecule has 1 heterocycles. The van der Waals surface area contributed by atoms with Crippen molar-refractivity contribution in [2.24, 2.45) is 0 Å². The molecule has 0 aliphatic rings. The van der Waals surface area contributed by atoms with E-state index in [1.165, 1.54) is 6.92 Å². The summed E-state index contributed by atoms with van der Waals surface area (Å²) in [6, 6.07) is 6.66. The largest absolute Gasteiger partial charge is 0.461 e. The fourth-order valence-corrected chi connectivity index (χ4v) is 2.66. The van der Waals surface area contributed by atoms with Gasteiger partial charge in [0.1, 0.15) is 24.9 Å². The van der Waals surface area contributed by atoms with Gasteiger partial charge in [0.15, 0.2) is 0 Å². The van der Waals surface area contributed by atoms with Gasteiger partial charge in [-0.3, -0.25) is 0 Å². The highest BCUT2D eigenvalue weighted by molar-refractivity contribution is 5.87. The molecule has 2 rings (SSSR count). The van der Waals surface area contributed by atoms with Crippen LogP contribution in [0.1, 0.15) is 33.3 Å². The van der Waals surface area contributed by atoms with Crippen LogP contribution < -0.4 is 5.32 Å². The van der Waals surface area contributed by atoms with Gasteiger partial charge in [0.2, 0.25) is 0 Å². The molecule has 162 valence electrons. The maximum absolute atomic E-state index is 12.6. The third kappa shape index (κ3) is 6.95. The monoisotopic (exact) mass is 416 g/mol. The van der Waals surface area contributed by atoms with E-state index in [-0.39, 0.29) is 25.2 Å². The van der Waals surface area contributed by atoms with Crippen LogP contribution in [-0.4, -0.2) is 47.9 Å². The molecule has 1 atom stereocenters. The zero-order chi connectivity index (χ0) is 22.3. The van der Waals surface area contributed by atoms with Gasteiger partial charge in [-0.05, 0) is 39.3 Å². The van der Waals surface area contributed by atoms with Crippen molar-refractivity contribution < 1.29 is 28.6 Å². The molecule has 0 bridgehead atoms. The van der Waals surface area contributed by atoms with Crippen LogP contribution in [0.2, 0.25) is 0 Å². The summed E-state index contributed by atoms with van der Waals surface area (Å²) in [5, 5.41) is 3.51. The van der Waals surface area contributed by atoms with E-state index in [1.807, 2.05) is 24.3 Å². The fraction of sp³-hybridized carbons (Fsp3) is 0.409. The Bertz CT molecular complexity index is 925. The maximum Gasteiger partial charge on any atom is 0.408 e. The highest BCUT2D eigenvalue weighted by Gasteiger charge is 2.27. The Kier molecular flexibility index (Phi) is 7.63. The number of esters is 2. The molecular formula is C22H28N2O6. The number of H-pyrrole nitrogens is 1. The predicted molar refractivity (Wildman–Crippen MR) is 112 cm³/mol. The summed E-state index contributed by atoms with van der Waals surface area (Å²) in [7, 11) is 0. The normalized spacial score (nSPS) is 12.1. The van der Waals surface area contributed by atoms with Crippen molar-refractivity contribution >= 4 is 28.9 Å². The number of alkyl carbamates (subject to hydrolysis) is 1. The molecule has 0 radical (unpaired) electrons. The number of aromatic nitrogens is 1. The molecule has 0 saturated heterocycles. The summed E-state index contributed by atoms with van der Waals surface area (Å²) >= 11 is 0. The van der Waals surface area contributed by atoms with Crippen LogP contribution in [0.3, 0.4) is 0 Å². The van der Waals surface area contributed by atoms with E-state index < -0.39 is 29.7 Å². The Morgan fingerprint density at radius 3 is 2.47 bits per heavy atom. The molecule has 1 aromatic heterocycles. The quantitative estimate of drug-likeness (QED) is 0.296. The SMILES string of the molecule is C=C(C)C(=O)OCCOC(=O)[C@@H](Cc1c[nH]c2ccccc12)NC(=O)OC(C)(C)C. The molecule has 0 aliphatic carbocycles. The molecule has 0 saturated carbocycles. The van der Waals surface area contributed by atoms with Gasteiger partial charge in [-0.25, -0.2) is 14.4 Å². The Labute approximate surface area is 175 Å². The number of carbonyl (C=O) groups excluding carboxylic acids is 3. The fourth-order valence-electron chi connectivity index (χ4n) is 2.66. The van der Waals surface area contributed by atoms with Crippen molar-refractivity contribution in [1.82, 2.24) is 10.3 Å².